The van der Waals surface area contributed by atoms with E-state index < -0.39 is 0 Å². The third-order valence-corrected chi connectivity index (χ3v) is 7.43. The van der Waals surface area contributed by atoms with Crippen LogP contribution in [0, 0.1) is 11.3 Å². The van der Waals surface area contributed by atoms with Crippen molar-refractivity contribution in [2.45, 2.75) is 46.1 Å². The lowest BCUT2D eigenvalue weighted by atomic mass is 9.77. The van der Waals surface area contributed by atoms with Crippen molar-refractivity contribution in [2.75, 3.05) is 39.6 Å². The van der Waals surface area contributed by atoms with Crippen molar-refractivity contribution in [1.82, 2.24) is 9.80 Å². The van der Waals surface area contributed by atoms with Gasteiger partial charge in [0, 0.05) is 31.7 Å². The van der Waals surface area contributed by atoms with E-state index in [1.54, 1.807) is 0 Å². The largest absolute Gasteiger partial charge is 0.493 e. The Kier molecular flexibility index (Phi) is 6.68. The molecule has 0 atom stereocenters. The number of nitrogens with zero attached hydrogens (tertiary/aromatic N) is 2. The fourth-order valence-electron chi connectivity index (χ4n) is 5.41. The van der Waals surface area contributed by atoms with Gasteiger partial charge < -0.3 is 19.1 Å². The summed E-state index contributed by atoms with van der Waals surface area (Å²) in [6, 6.07) is 14.2. The highest BCUT2D eigenvalue weighted by Crippen LogP contribution is 2.41. The molecule has 3 aliphatic heterocycles. The van der Waals surface area contributed by atoms with Crippen molar-refractivity contribution in [3.63, 3.8) is 0 Å². The molecule has 3 aliphatic rings. The first-order chi connectivity index (χ1) is 16.5. The molecule has 0 bridgehead atoms. The SMILES string of the molecule is CC(C)COc1ccccc1CN1CCC2(CCN(C(=O)Cc3ccc4c(c3)OCO4)CC2)C1. The summed E-state index contributed by atoms with van der Waals surface area (Å²) in [6.07, 6.45) is 3.80. The van der Waals surface area contributed by atoms with Crippen LogP contribution < -0.4 is 14.2 Å². The third kappa shape index (κ3) is 5.17. The van der Waals surface area contributed by atoms with Gasteiger partial charge in [-0.1, -0.05) is 38.1 Å². The van der Waals surface area contributed by atoms with Gasteiger partial charge in [-0.15, -0.1) is 0 Å². The Morgan fingerprint density at radius 2 is 1.79 bits per heavy atom. The average Bonchev–Trinajstić information content (AvgIpc) is 3.45. The van der Waals surface area contributed by atoms with E-state index in [-0.39, 0.29) is 12.7 Å². The molecular formula is C28H36N2O4. The highest BCUT2D eigenvalue weighted by molar-refractivity contribution is 5.79. The smallest absolute Gasteiger partial charge is 0.231 e. The van der Waals surface area contributed by atoms with Crippen LogP contribution in [-0.4, -0.2) is 55.3 Å². The van der Waals surface area contributed by atoms with Gasteiger partial charge in [0.1, 0.15) is 5.75 Å². The second-order valence-corrected chi connectivity index (χ2v) is 10.5. The number of ether oxygens (including phenoxy) is 3. The summed E-state index contributed by atoms with van der Waals surface area (Å²) in [5, 5.41) is 0. The Bertz CT molecular complexity index is 1010. The Balaban J connectivity index is 1.13. The van der Waals surface area contributed by atoms with Gasteiger partial charge in [-0.25, -0.2) is 0 Å². The van der Waals surface area contributed by atoms with Gasteiger partial charge in [-0.2, -0.15) is 0 Å². The Hall–Kier alpha value is -2.73. The summed E-state index contributed by atoms with van der Waals surface area (Å²) in [5.41, 5.74) is 2.60. The molecule has 0 N–H and O–H groups in total. The number of rotatable bonds is 7. The fraction of sp³-hybridized carbons (Fsp3) is 0.536. The van der Waals surface area contributed by atoms with Crippen molar-refractivity contribution in [3.05, 3.63) is 53.6 Å². The van der Waals surface area contributed by atoms with E-state index in [0.717, 1.165) is 75.0 Å². The normalized spacial score (nSPS) is 19.2. The van der Waals surface area contributed by atoms with E-state index in [9.17, 15) is 4.79 Å². The maximum atomic E-state index is 13.0. The number of benzene rings is 2. The monoisotopic (exact) mass is 464 g/mol. The molecule has 1 amide bonds. The van der Waals surface area contributed by atoms with Gasteiger partial charge in [-0.3, -0.25) is 9.69 Å². The summed E-state index contributed by atoms with van der Waals surface area (Å²) in [5.74, 6) is 3.24. The van der Waals surface area contributed by atoms with Crippen LogP contribution in [0.1, 0.15) is 44.2 Å². The van der Waals surface area contributed by atoms with Gasteiger partial charge in [0.05, 0.1) is 13.0 Å². The third-order valence-electron chi connectivity index (χ3n) is 7.43. The molecule has 1 spiro atoms. The number of fused-ring (bicyclic) bond motifs is 1. The number of piperidine rings is 1. The zero-order valence-corrected chi connectivity index (χ0v) is 20.4. The van der Waals surface area contributed by atoms with Crippen LogP contribution >= 0.6 is 0 Å². The molecule has 2 aromatic carbocycles. The van der Waals surface area contributed by atoms with Crippen LogP contribution in [0.3, 0.4) is 0 Å². The first-order valence-corrected chi connectivity index (χ1v) is 12.6. The van der Waals surface area contributed by atoms with Gasteiger partial charge in [0.15, 0.2) is 11.5 Å². The van der Waals surface area contributed by atoms with E-state index >= 15 is 0 Å². The topological polar surface area (TPSA) is 51.2 Å². The summed E-state index contributed by atoms with van der Waals surface area (Å²) in [7, 11) is 0. The summed E-state index contributed by atoms with van der Waals surface area (Å²) >= 11 is 0. The minimum absolute atomic E-state index is 0.208. The summed E-state index contributed by atoms with van der Waals surface area (Å²) in [4.78, 5) is 17.6. The molecule has 6 heteroatoms. The molecule has 2 fully saturated rings. The predicted octanol–water partition coefficient (Wildman–Crippen LogP) is 4.51. The van der Waals surface area contributed by atoms with Gasteiger partial charge in [0.25, 0.3) is 0 Å². The fourth-order valence-corrected chi connectivity index (χ4v) is 5.41. The molecular weight excluding hydrogens is 428 g/mol. The molecule has 0 radical (unpaired) electrons. The minimum Gasteiger partial charge on any atom is -0.493 e. The number of likely N-dealkylation sites (tertiary alicyclic amines) is 2. The van der Waals surface area contributed by atoms with E-state index in [0.29, 0.717) is 17.8 Å². The van der Waals surface area contributed by atoms with Crippen LogP contribution in [0.5, 0.6) is 17.2 Å². The first kappa shape index (κ1) is 23.0. The van der Waals surface area contributed by atoms with Crippen molar-refractivity contribution in [2.24, 2.45) is 11.3 Å². The van der Waals surface area contributed by atoms with Gasteiger partial charge in [0.2, 0.25) is 12.7 Å². The van der Waals surface area contributed by atoms with Crippen molar-refractivity contribution in [1.29, 1.82) is 0 Å². The van der Waals surface area contributed by atoms with Crippen molar-refractivity contribution >= 4 is 5.91 Å². The summed E-state index contributed by atoms with van der Waals surface area (Å²) < 4.78 is 16.9. The standard InChI is InChI=1S/C28H36N2O4/c1-21(2)18-32-24-6-4-3-5-23(24)17-29-12-9-28(19-29)10-13-30(14-11-28)27(31)16-22-7-8-25-26(15-22)34-20-33-25/h3-8,15,21H,9-14,16-20H2,1-2H3. The number of carbonyl (C=O) groups is 1. The van der Waals surface area contributed by atoms with Gasteiger partial charge >= 0.3 is 0 Å². The van der Waals surface area contributed by atoms with Crippen molar-refractivity contribution in [3.8, 4) is 17.2 Å². The Labute approximate surface area is 202 Å². The van der Waals surface area contributed by atoms with Crippen molar-refractivity contribution < 1.29 is 19.0 Å². The lowest BCUT2D eigenvalue weighted by Gasteiger charge is -2.39. The lowest BCUT2D eigenvalue weighted by Crippen LogP contribution is -2.44. The molecule has 34 heavy (non-hydrogen) atoms. The van der Waals surface area contributed by atoms with E-state index in [4.69, 9.17) is 14.2 Å². The molecule has 0 saturated carbocycles. The second-order valence-electron chi connectivity index (χ2n) is 10.5. The zero-order chi connectivity index (χ0) is 23.5. The Morgan fingerprint density at radius 3 is 2.62 bits per heavy atom. The average molecular weight is 465 g/mol. The lowest BCUT2D eigenvalue weighted by molar-refractivity contribution is -0.132. The molecule has 5 rings (SSSR count). The molecule has 2 aromatic rings. The minimum atomic E-state index is 0.208. The molecule has 0 unspecified atom stereocenters. The highest BCUT2D eigenvalue weighted by Gasteiger charge is 2.41. The van der Waals surface area contributed by atoms with E-state index in [1.807, 2.05) is 23.1 Å². The Morgan fingerprint density at radius 1 is 1.03 bits per heavy atom. The van der Waals surface area contributed by atoms with Crippen LogP contribution in [0.15, 0.2) is 42.5 Å². The molecule has 182 valence electrons. The molecule has 2 saturated heterocycles. The van der Waals surface area contributed by atoms with Gasteiger partial charge in [-0.05, 0) is 60.9 Å². The predicted molar refractivity (Wildman–Crippen MR) is 131 cm³/mol. The molecule has 6 nitrogen and oxygen atoms in total. The number of hydrogen-bond acceptors (Lipinski definition) is 5. The first-order valence-electron chi connectivity index (χ1n) is 12.6. The number of amides is 1. The van der Waals surface area contributed by atoms with E-state index in [2.05, 4.69) is 43.0 Å². The maximum Gasteiger partial charge on any atom is 0.231 e. The van der Waals surface area contributed by atoms with Crippen LogP contribution in [0.25, 0.3) is 0 Å². The highest BCUT2D eigenvalue weighted by atomic mass is 16.7. The number of carbonyl (C=O) groups excluding carboxylic acids is 1. The molecule has 0 aromatic heterocycles. The zero-order valence-electron chi connectivity index (χ0n) is 20.4. The quantitative estimate of drug-likeness (QED) is 0.604. The van der Waals surface area contributed by atoms with E-state index in [1.165, 1.54) is 12.0 Å². The molecule has 3 heterocycles. The number of hydrogen-bond donors (Lipinski definition) is 0. The number of para-hydroxylation sites is 1. The van der Waals surface area contributed by atoms with Crippen LogP contribution in [0.2, 0.25) is 0 Å². The summed E-state index contributed by atoms with van der Waals surface area (Å²) in [6.45, 7) is 10.2. The molecule has 0 aliphatic carbocycles. The van der Waals surface area contributed by atoms with Crippen LogP contribution in [-0.2, 0) is 17.8 Å². The second kappa shape index (κ2) is 9.87. The van der Waals surface area contributed by atoms with Crippen LogP contribution in [0.4, 0.5) is 0 Å². The maximum absolute atomic E-state index is 13.0.